The van der Waals surface area contributed by atoms with Crippen LogP contribution < -0.4 is 0 Å². The molecule has 1 rings (SSSR count). The average molecular weight is 225 g/mol. The minimum Gasteiger partial charge on any atom is -0.481 e. The van der Waals surface area contributed by atoms with Crippen LogP contribution in [0.1, 0.15) is 6.92 Å². The summed E-state index contributed by atoms with van der Waals surface area (Å²) in [6.45, 7) is 2.63. The Bertz CT molecular complexity index is 331. The molecule has 0 radical (unpaired) electrons. The summed E-state index contributed by atoms with van der Waals surface area (Å²) < 4.78 is 0. The van der Waals surface area contributed by atoms with Crippen LogP contribution in [0, 0.1) is 23.2 Å². The molecule has 1 atom stereocenters. The summed E-state index contributed by atoms with van der Waals surface area (Å²) in [6.07, 6.45) is 0. The fraction of sp³-hybridized carbons (Fsp3) is 0.700. The normalized spacial score (nSPS) is 17.2. The first kappa shape index (κ1) is 12.3. The summed E-state index contributed by atoms with van der Waals surface area (Å²) in [5.41, 5.74) is 0. The fourth-order valence-electron chi connectivity index (χ4n) is 1.56. The van der Waals surface area contributed by atoms with Gasteiger partial charge in [0.2, 0.25) is 0 Å². The van der Waals surface area contributed by atoms with Crippen LogP contribution in [0.15, 0.2) is 0 Å². The Hall–Kier alpha value is -1.77. The van der Waals surface area contributed by atoms with Gasteiger partial charge < -0.3 is 14.9 Å². The maximum Gasteiger partial charge on any atom is 0.319 e. The van der Waals surface area contributed by atoms with Crippen molar-refractivity contribution >= 4 is 12.0 Å². The summed E-state index contributed by atoms with van der Waals surface area (Å²) in [4.78, 5) is 25.2. The second-order valence-electron chi connectivity index (χ2n) is 4.13. The van der Waals surface area contributed by atoms with E-state index in [2.05, 4.69) is 0 Å². The molecule has 0 aliphatic carbocycles. The molecule has 6 heteroatoms. The van der Waals surface area contributed by atoms with Crippen molar-refractivity contribution < 1.29 is 14.7 Å². The molecular formula is C10H15N3O3. The number of hydrogen-bond acceptors (Lipinski definition) is 3. The smallest absolute Gasteiger partial charge is 0.319 e. The number of urea groups is 1. The number of carboxylic acid groups (broad SMARTS) is 1. The van der Waals surface area contributed by atoms with Gasteiger partial charge in [0, 0.05) is 26.7 Å². The first-order chi connectivity index (χ1) is 7.45. The lowest BCUT2D eigenvalue weighted by atomic mass is 10.0. The van der Waals surface area contributed by atoms with Crippen LogP contribution in [-0.4, -0.2) is 53.6 Å². The van der Waals surface area contributed by atoms with Gasteiger partial charge in [-0.05, 0) is 6.92 Å². The van der Waals surface area contributed by atoms with Gasteiger partial charge in [0.25, 0.3) is 0 Å². The zero-order valence-electron chi connectivity index (χ0n) is 9.38. The number of nitrogens with zero attached hydrogens (tertiary/aromatic N) is 3. The Morgan fingerprint density at radius 1 is 1.62 bits per heavy atom. The third-order valence-electron chi connectivity index (χ3n) is 2.60. The number of nitriles is 1. The van der Waals surface area contributed by atoms with Gasteiger partial charge in [0.1, 0.15) is 0 Å². The van der Waals surface area contributed by atoms with E-state index < -0.39 is 11.9 Å². The first-order valence-corrected chi connectivity index (χ1v) is 5.08. The SMILES string of the molecule is CC(C#N)CN(C)C(=O)N1CC(C(=O)O)C1. The zero-order valence-corrected chi connectivity index (χ0v) is 9.38. The molecule has 0 spiro atoms. The highest BCUT2D eigenvalue weighted by atomic mass is 16.4. The van der Waals surface area contributed by atoms with Gasteiger partial charge in [-0.15, -0.1) is 0 Å². The van der Waals surface area contributed by atoms with Crippen molar-refractivity contribution in [3.8, 4) is 6.07 Å². The molecule has 1 N–H and O–H groups in total. The number of likely N-dealkylation sites (tertiary alicyclic amines) is 1. The predicted molar refractivity (Wildman–Crippen MR) is 55.5 cm³/mol. The molecule has 0 aromatic heterocycles. The molecule has 88 valence electrons. The second-order valence-corrected chi connectivity index (χ2v) is 4.13. The number of carbonyl (C=O) groups excluding carboxylic acids is 1. The molecule has 1 saturated heterocycles. The molecule has 16 heavy (non-hydrogen) atoms. The topological polar surface area (TPSA) is 84.6 Å². The van der Waals surface area contributed by atoms with E-state index in [4.69, 9.17) is 10.4 Å². The van der Waals surface area contributed by atoms with Crippen molar-refractivity contribution in [1.82, 2.24) is 9.80 Å². The number of aliphatic carboxylic acids is 1. The summed E-state index contributed by atoms with van der Waals surface area (Å²) in [7, 11) is 1.62. The first-order valence-electron chi connectivity index (χ1n) is 5.08. The number of carboxylic acids is 1. The lowest BCUT2D eigenvalue weighted by Gasteiger charge is -2.39. The van der Waals surface area contributed by atoms with Gasteiger partial charge in [-0.1, -0.05) is 0 Å². The third-order valence-corrected chi connectivity index (χ3v) is 2.60. The lowest BCUT2D eigenvalue weighted by molar-refractivity contribution is -0.146. The van der Waals surface area contributed by atoms with Crippen LogP contribution in [-0.2, 0) is 4.79 Å². The zero-order chi connectivity index (χ0) is 12.3. The van der Waals surface area contributed by atoms with Gasteiger partial charge in [0.05, 0.1) is 17.9 Å². The minimum atomic E-state index is -0.864. The molecule has 1 aliphatic rings. The van der Waals surface area contributed by atoms with Crippen LogP contribution in [0.25, 0.3) is 0 Å². The van der Waals surface area contributed by atoms with E-state index >= 15 is 0 Å². The van der Waals surface area contributed by atoms with Gasteiger partial charge >= 0.3 is 12.0 Å². The molecule has 1 heterocycles. The van der Waals surface area contributed by atoms with Gasteiger partial charge in [-0.25, -0.2) is 4.79 Å². The Kier molecular flexibility index (Phi) is 3.72. The van der Waals surface area contributed by atoms with Crippen LogP contribution >= 0.6 is 0 Å². The number of amides is 2. The predicted octanol–water partition coefficient (Wildman–Crippen LogP) is 0.214. The molecule has 0 bridgehead atoms. The highest BCUT2D eigenvalue weighted by molar-refractivity contribution is 5.79. The fourth-order valence-corrected chi connectivity index (χ4v) is 1.56. The van der Waals surface area contributed by atoms with E-state index in [1.807, 2.05) is 6.07 Å². The standard InChI is InChI=1S/C10H15N3O3/c1-7(3-11)4-12(2)10(16)13-5-8(6-13)9(14)15/h7-8H,4-6H2,1-2H3,(H,14,15). The van der Waals surface area contributed by atoms with Gasteiger partial charge in [-0.3, -0.25) is 4.79 Å². The van der Waals surface area contributed by atoms with E-state index in [-0.39, 0.29) is 25.0 Å². The van der Waals surface area contributed by atoms with E-state index in [1.54, 1.807) is 14.0 Å². The lowest BCUT2D eigenvalue weighted by Crippen LogP contribution is -2.56. The van der Waals surface area contributed by atoms with E-state index in [0.717, 1.165) is 0 Å². The summed E-state index contributed by atoms with van der Waals surface area (Å²) in [5, 5.41) is 17.3. The number of rotatable bonds is 3. The summed E-state index contributed by atoms with van der Waals surface area (Å²) in [6, 6.07) is 1.84. The molecule has 0 saturated carbocycles. The molecule has 0 aromatic rings. The van der Waals surface area contributed by atoms with Crippen molar-refractivity contribution in [2.75, 3.05) is 26.7 Å². The van der Waals surface area contributed by atoms with E-state index in [9.17, 15) is 9.59 Å². The molecule has 1 fully saturated rings. The maximum atomic E-state index is 11.7. The minimum absolute atomic E-state index is 0.209. The van der Waals surface area contributed by atoms with Gasteiger partial charge in [0.15, 0.2) is 0 Å². The summed E-state index contributed by atoms with van der Waals surface area (Å²) in [5.74, 6) is -1.52. The average Bonchev–Trinajstić information content (AvgIpc) is 2.14. The highest BCUT2D eigenvalue weighted by Gasteiger charge is 2.36. The molecule has 1 unspecified atom stereocenters. The Morgan fingerprint density at radius 3 is 2.62 bits per heavy atom. The van der Waals surface area contributed by atoms with Crippen molar-refractivity contribution in [1.29, 1.82) is 5.26 Å². The largest absolute Gasteiger partial charge is 0.481 e. The highest BCUT2D eigenvalue weighted by Crippen LogP contribution is 2.17. The molecule has 6 nitrogen and oxygen atoms in total. The third kappa shape index (κ3) is 2.63. The van der Waals surface area contributed by atoms with E-state index in [1.165, 1.54) is 9.80 Å². The maximum absolute atomic E-state index is 11.7. The molecular weight excluding hydrogens is 210 g/mol. The summed E-state index contributed by atoms with van der Waals surface area (Å²) >= 11 is 0. The monoisotopic (exact) mass is 225 g/mol. The van der Waals surface area contributed by atoms with Crippen LogP contribution in [0.4, 0.5) is 4.79 Å². The van der Waals surface area contributed by atoms with Gasteiger partial charge in [-0.2, -0.15) is 5.26 Å². The van der Waals surface area contributed by atoms with Crippen molar-refractivity contribution in [3.05, 3.63) is 0 Å². The molecule has 2 amide bonds. The number of carbonyl (C=O) groups is 2. The van der Waals surface area contributed by atoms with E-state index in [0.29, 0.717) is 6.54 Å². The Labute approximate surface area is 94.0 Å². The molecule has 0 aromatic carbocycles. The molecule has 1 aliphatic heterocycles. The Morgan fingerprint density at radius 2 is 2.19 bits per heavy atom. The van der Waals surface area contributed by atoms with Crippen LogP contribution in [0.5, 0.6) is 0 Å². The van der Waals surface area contributed by atoms with Crippen LogP contribution in [0.2, 0.25) is 0 Å². The van der Waals surface area contributed by atoms with Crippen molar-refractivity contribution in [2.45, 2.75) is 6.92 Å². The van der Waals surface area contributed by atoms with Crippen molar-refractivity contribution in [3.63, 3.8) is 0 Å². The number of hydrogen-bond donors (Lipinski definition) is 1. The van der Waals surface area contributed by atoms with Crippen LogP contribution in [0.3, 0.4) is 0 Å². The quantitative estimate of drug-likeness (QED) is 0.744. The van der Waals surface area contributed by atoms with Crippen molar-refractivity contribution in [2.24, 2.45) is 11.8 Å². The second kappa shape index (κ2) is 4.84. The Balaban J connectivity index is 2.37.